The molecule has 0 bridgehead atoms. The minimum Gasteiger partial charge on any atom is -0.479 e. The highest BCUT2D eigenvalue weighted by Crippen LogP contribution is 2.31. The normalized spacial score (nSPS) is 13.1. The Morgan fingerprint density at radius 2 is 1.75 bits per heavy atom. The van der Waals surface area contributed by atoms with Gasteiger partial charge in [-0.05, 0) is 31.5 Å². The first kappa shape index (κ1) is 16.0. The van der Waals surface area contributed by atoms with Crippen LogP contribution in [0.25, 0.3) is 0 Å². The molecule has 0 heterocycles. The lowest BCUT2D eigenvalue weighted by atomic mass is 10.0. The van der Waals surface area contributed by atoms with Crippen LogP contribution in [0.2, 0.25) is 0 Å². The molecule has 7 heteroatoms. The first-order chi connectivity index (χ1) is 9.18. The number of aliphatic carboxylic acids is 1. The number of amides is 1. The Morgan fingerprint density at radius 3 is 2.05 bits per heavy atom. The van der Waals surface area contributed by atoms with Crippen molar-refractivity contribution in [3.63, 3.8) is 0 Å². The van der Waals surface area contributed by atoms with Crippen molar-refractivity contribution < 1.29 is 27.9 Å². The summed E-state index contributed by atoms with van der Waals surface area (Å²) >= 11 is 0. The van der Waals surface area contributed by atoms with Gasteiger partial charge in [0.1, 0.15) is 0 Å². The van der Waals surface area contributed by atoms with Gasteiger partial charge < -0.3 is 10.0 Å². The molecule has 0 spiro atoms. The molecule has 0 saturated carbocycles. The molecule has 20 heavy (non-hydrogen) atoms. The van der Waals surface area contributed by atoms with Crippen molar-refractivity contribution in [2.24, 2.45) is 0 Å². The third-order valence-corrected chi connectivity index (χ3v) is 2.80. The molecule has 0 aliphatic rings. The van der Waals surface area contributed by atoms with Gasteiger partial charge in [-0.2, -0.15) is 13.2 Å². The largest absolute Gasteiger partial charge is 0.479 e. The summed E-state index contributed by atoms with van der Waals surface area (Å²) in [5, 5.41) is 9.18. The maximum Gasteiger partial charge on any atom is 0.416 e. The molecule has 1 aromatic rings. The van der Waals surface area contributed by atoms with E-state index in [1.807, 2.05) is 0 Å². The van der Waals surface area contributed by atoms with Crippen LogP contribution in [0.4, 0.5) is 13.2 Å². The van der Waals surface area contributed by atoms with Crippen LogP contribution in [0.15, 0.2) is 24.3 Å². The average molecular weight is 289 g/mol. The fourth-order valence-corrected chi connectivity index (χ4v) is 1.78. The highest BCUT2D eigenvalue weighted by molar-refractivity contribution is 5.78. The SMILES string of the molecule is CC(C)N(C=O)C(C(=O)O)c1ccc(C(F)(F)F)cc1. The van der Waals surface area contributed by atoms with E-state index in [1.54, 1.807) is 13.8 Å². The summed E-state index contributed by atoms with van der Waals surface area (Å²) in [7, 11) is 0. The third-order valence-electron chi connectivity index (χ3n) is 2.80. The van der Waals surface area contributed by atoms with Crippen molar-refractivity contribution in [1.82, 2.24) is 4.90 Å². The zero-order valence-electron chi connectivity index (χ0n) is 10.9. The molecule has 0 aromatic heterocycles. The third kappa shape index (κ3) is 3.49. The maximum absolute atomic E-state index is 12.4. The minimum absolute atomic E-state index is 0.117. The second-order valence-electron chi connectivity index (χ2n) is 4.51. The van der Waals surface area contributed by atoms with E-state index in [2.05, 4.69) is 0 Å². The summed E-state index contributed by atoms with van der Waals surface area (Å²) in [4.78, 5) is 23.3. The number of carbonyl (C=O) groups is 2. The van der Waals surface area contributed by atoms with Crippen LogP contribution in [0.5, 0.6) is 0 Å². The van der Waals surface area contributed by atoms with Crippen molar-refractivity contribution >= 4 is 12.4 Å². The number of halogens is 3. The number of nitrogens with zero attached hydrogens (tertiary/aromatic N) is 1. The summed E-state index contributed by atoms with van der Waals surface area (Å²) in [6.45, 7) is 3.24. The van der Waals surface area contributed by atoms with Crippen LogP contribution in [0, 0.1) is 0 Å². The molecule has 0 aliphatic heterocycles. The van der Waals surface area contributed by atoms with Gasteiger partial charge in [0.15, 0.2) is 6.04 Å². The molecule has 1 amide bonds. The van der Waals surface area contributed by atoms with Gasteiger partial charge in [-0.3, -0.25) is 4.79 Å². The number of carbonyl (C=O) groups excluding carboxylic acids is 1. The van der Waals surface area contributed by atoms with E-state index in [0.29, 0.717) is 6.41 Å². The average Bonchev–Trinajstić information content (AvgIpc) is 2.33. The summed E-state index contributed by atoms with van der Waals surface area (Å²) in [6.07, 6.45) is -4.11. The monoisotopic (exact) mass is 289 g/mol. The van der Waals surface area contributed by atoms with Crippen molar-refractivity contribution in [2.45, 2.75) is 32.1 Å². The van der Waals surface area contributed by atoms with E-state index in [9.17, 15) is 27.9 Å². The second-order valence-corrected chi connectivity index (χ2v) is 4.51. The predicted molar refractivity (Wildman–Crippen MR) is 64.9 cm³/mol. The van der Waals surface area contributed by atoms with Gasteiger partial charge in [-0.25, -0.2) is 4.79 Å². The zero-order chi connectivity index (χ0) is 15.5. The van der Waals surface area contributed by atoms with Crippen LogP contribution >= 0.6 is 0 Å². The van der Waals surface area contributed by atoms with Gasteiger partial charge in [0.2, 0.25) is 6.41 Å². The van der Waals surface area contributed by atoms with Crippen LogP contribution < -0.4 is 0 Å². The lowest BCUT2D eigenvalue weighted by Crippen LogP contribution is -2.38. The maximum atomic E-state index is 12.4. The van der Waals surface area contributed by atoms with Crippen LogP contribution in [0.1, 0.15) is 31.0 Å². The summed E-state index contributed by atoms with van der Waals surface area (Å²) in [5.74, 6) is -1.30. The van der Waals surface area contributed by atoms with Crippen molar-refractivity contribution in [1.29, 1.82) is 0 Å². The van der Waals surface area contributed by atoms with E-state index in [4.69, 9.17) is 0 Å². The molecule has 0 fully saturated rings. The summed E-state index contributed by atoms with van der Waals surface area (Å²) in [6, 6.07) is 2.04. The Kier molecular flexibility index (Phi) is 4.75. The van der Waals surface area contributed by atoms with Gasteiger partial charge in [0.25, 0.3) is 0 Å². The molecule has 1 N–H and O–H groups in total. The molecule has 4 nitrogen and oxygen atoms in total. The molecule has 0 saturated heterocycles. The summed E-state index contributed by atoms with van der Waals surface area (Å²) < 4.78 is 37.3. The Bertz CT molecular complexity index is 483. The smallest absolute Gasteiger partial charge is 0.416 e. The van der Waals surface area contributed by atoms with Gasteiger partial charge in [0.05, 0.1) is 5.56 Å². The zero-order valence-corrected chi connectivity index (χ0v) is 10.9. The molecule has 1 rings (SSSR count). The standard InChI is InChI=1S/C13H14F3NO3/c1-8(2)17(7-18)11(12(19)20)9-3-5-10(6-4-9)13(14,15)16/h3-8,11H,1-2H3,(H,19,20). The minimum atomic E-state index is -4.49. The lowest BCUT2D eigenvalue weighted by Gasteiger charge is -2.29. The predicted octanol–water partition coefficient (Wildman–Crippen LogP) is 2.70. The molecule has 1 aromatic carbocycles. The topological polar surface area (TPSA) is 57.6 Å². The highest BCUT2D eigenvalue weighted by Gasteiger charge is 2.32. The number of carboxylic acids is 1. The highest BCUT2D eigenvalue weighted by atomic mass is 19.4. The van der Waals surface area contributed by atoms with Crippen LogP contribution in [-0.4, -0.2) is 28.4 Å². The lowest BCUT2D eigenvalue weighted by molar-refractivity contribution is -0.148. The van der Waals surface area contributed by atoms with Gasteiger partial charge in [0, 0.05) is 6.04 Å². The Labute approximate surface area is 113 Å². The number of alkyl halides is 3. The fraction of sp³-hybridized carbons (Fsp3) is 0.385. The Hall–Kier alpha value is -2.05. The molecular formula is C13H14F3NO3. The number of carboxylic acid groups (broad SMARTS) is 1. The number of hydrogen-bond acceptors (Lipinski definition) is 2. The van der Waals surface area contributed by atoms with Crippen LogP contribution in [-0.2, 0) is 15.8 Å². The van der Waals surface area contributed by atoms with E-state index in [0.717, 1.165) is 29.2 Å². The second kappa shape index (κ2) is 5.94. The molecule has 110 valence electrons. The van der Waals surface area contributed by atoms with Crippen LogP contribution in [0.3, 0.4) is 0 Å². The van der Waals surface area contributed by atoms with Gasteiger partial charge >= 0.3 is 12.1 Å². The first-order valence-corrected chi connectivity index (χ1v) is 5.81. The first-order valence-electron chi connectivity index (χ1n) is 5.81. The number of hydrogen-bond donors (Lipinski definition) is 1. The van der Waals surface area contributed by atoms with E-state index >= 15 is 0 Å². The molecule has 1 atom stereocenters. The van der Waals surface area contributed by atoms with E-state index in [-0.39, 0.29) is 5.56 Å². The molecular weight excluding hydrogens is 275 g/mol. The molecule has 0 radical (unpaired) electrons. The quantitative estimate of drug-likeness (QED) is 0.848. The van der Waals surface area contributed by atoms with Crippen molar-refractivity contribution in [3.8, 4) is 0 Å². The number of rotatable bonds is 5. The fourth-order valence-electron chi connectivity index (χ4n) is 1.78. The molecule has 1 unspecified atom stereocenters. The van der Waals surface area contributed by atoms with E-state index < -0.39 is 29.8 Å². The van der Waals surface area contributed by atoms with Gasteiger partial charge in [-0.1, -0.05) is 12.1 Å². The molecule has 0 aliphatic carbocycles. The van der Waals surface area contributed by atoms with Crippen molar-refractivity contribution in [3.05, 3.63) is 35.4 Å². The Morgan fingerprint density at radius 1 is 1.25 bits per heavy atom. The summed E-state index contributed by atoms with van der Waals surface area (Å²) in [5.41, 5.74) is -0.751. The Balaban J connectivity index is 3.17. The van der Waals surface area contributed by atoms with Crippen molar-refractivity contribution in [2.75, 3.05) is 0 Å². The number of benzene rings is 1. The van der Waals surface area contributed by atoms with E-state index in [1.165, 1.54) is 0 Å². The van der Waals surface area contributed by atoms with Gasteiger partial charge in [-0.15, -0.1) is 0 Å².